The number of carbonyl (C=O) groups is 1. The maximum atomic E-state index is 12.4. The van der Waals surface area contributed by atoms with Crippen molar-refractivity contribution in [1.82, 2.24) is 0 Å². The first-order chi connectivity index (χ1) is 10.1. The first-order valence-electron chi connectivity index (χ1n) is 6.93. The SMILES string of the molecule is COc1ccc(C(C)C)cc1C(=O)CSCc1ccco1. The highest BCUT2D eigenvalue weighted by atomic mass is 32.2. The average molecular weight is 304 g/mol. The lowest BCUT2D eigenvalue weighted by molar-refractivity contribution is 0.101. The van der Waals surface area contributed by atoms with Crippen LogP contribution < -0.4 is 4.74 Å². The van der Waals surface area contributed by atoms with E-state index in [1.165, 1.54) is 0 Å². The van der Waals surface area contributed by atoms with Crippen LogP contribution in [-0.2, 0) is 5.75 Å². The van der Waals surface area contributed by atoms with Crippen LogP contribution in [0.3, 0.4) is 0 Å². The summed E-state index contributed by atoms with van der Waals surface area (Å²) in [5.41, 5.74) is 1.81. The molecule has 0 spiro atoms. The van der Waals surface area contributed by atoms with Crippen LogP contribution in [0.2, 0.25) is 0 Å². The molecule has 3 nitrogen and oxygen atoms in total. The summed E-state index contributed by atoms with van der Waals surface area (Å²) >= 11 is 1.55. The molecule has 2 rings (SSSR count). The van der Waals surface area contributed by atoms with Crippen LogP contribution in [0.5, 0.6) is 5.75 Å². The number of ketones is 1. The van der Waals surface area contributed by atoms with Gasteiger partial charge in [0.2, 0.25) is 0 Å². The summed E-state index contributed by atoms with van der Waals surface area (Å²) in [5, 5.41) is 0. The Morgan fingerprint density at radius 2 is 2.14 bits per heavy atom. The van der Waals surface area contributed by atoms with Crippen LogP contribution in [0.4, 0.5) is 0 Å². The van der Waals surface area contributed by atoms with Crippen LogP contribution >= 0.6 is 11.8 Å². The summed E-state index contributed by atoms with van der Waals surface area (Å²) in [6.07, 6.45) is 1.65. The van der Waals surface area contributed by atoms with Gasteiger partial charge in [-0.2, -0.15) is 0 Å². The van der Waals surface area contributed by atoms with E-state index >= 15 is 0 Å². The molecule has 0 aliphatic heterocycles. The predicted molar refractivity (Wildman–Crippen MR) is 86.3 cm³/mol. The second-order valence-corrected chi connectivity index (χ2v) is 6.10. The number of Topliss-reactive ketones (excluding diaryl/α,β-unsaturated/α-hetero) is 1. The third-order valence-corrected chi connectivity index (χ3v) is 4.20. The van der Waals surface area contributed by atoms with Gasteiger partial charge in [-0.3, -0.25) is 4.79 Å². The fourth-order valence-electron chi connectivity index (χ4n) is 2.02. The fraction of sp³-hybridized carbons (Fsp3) is 0.353. The Morgan fingerprint density at radius 1 is 1.33 bits per heavy atom. The third-order valence-electron chi connectivity index (χ3n) is 3.25. The summed E-state index contributed by atoms with van der Waals surface area (Å²) in [6.45, 7) is 4.23. The number of rotatable bonds is 7. The molecule has 0 N–H and O–H groups in total. The number of furan rings is 1. The summed E-state index contributed by atoms with van der Waals surface area (Å²) < 4.78 is 10.6. The Morgan fingerprint density at radius 3 is 2.76 bits per heavy atom. The second kappa shape index (κ2) is 7.36. The lowest BCUT2D eigenvalue weighted by atomic mass is 9.99. The van der Waals surface area contributed by atoms with Crippen molar-refractivity contribution in [3.05, 3.63) is 53.5 Å². The topological polar surface area (TPSA) is 39.4 Å². The van der Waals surface area contributed by atoms with E-state index < -0.39 is 0 Å². The molecule has 2 aromatic rings. The molecule has 1 aromatic heterocycles. The van der Waals surface area contributed by atoms with Gasteiger partial charge in [0.1, 0.15) is 11.5 Å². The highest BCUT2D eigenvalue weighted by molar-refractivity contribution is 7.99. The standard InChI is InChI=1S/C17H20O3S/c1-12(2)13-6-7-17(19-3)15(9-13)16(18)11-21-10-14-5-4-8-20-14/h4-9,12H,10-11H2,1-3H3. The third kappa shape index (κ3) is 4.14. The molecular formula is C17H20O3S. The molecule has 1 aromatic carbocycles. The van der Waals surface area contributed by atoms with Crippen molar-refractivity contribution in [2.45, 2.75) is 25.5 Å². The molecular weight excluding hydrogens is 284 g/mol. The van der Waals surface area contributed by atoms with Crippen LogP contribution in [-0.4, -0.2) is 18.6 Å². The Balaban J connectivity index is 2.04. The van der Waals surface area contributed by atoms with Gasteiger partial charge in [0.05, 0.1) is 30.4 Å². The summed E-state index contributed by atoms with van der Waals surface area (Å²) in [7, 11) is 1.59. The number of benzene rings is 1. The van der Waals surface area contributed by atoms with Crippen LogP contribution in [0.15, 0.2) is 41.0 Å². The first-order valence-corrected chi connectivity index (χ1v) is 8.08. The first kappa shape index (κ1) is 15.7. The molecule has 0 aliphatic carbocycles. The van der Waals surface area contributed by atoms with Crippen LogP contribution in [0, 0.1) is 0 Å². The van der Waals surface area contributed by atoms with Gasteiger partial charge in [0.25, 0.3) is 0 Å². The molecule has 0 radical (unpaired) electrons. The summed E-state index contributed by atoms with van der Waals surface area (Å²) in [5.74, 6) is 3.12. The summed E-state index contributed by atoms with van der Waals surface area (Å²) in [4.78, 5) is 12.4. The van der Waals surface area contributed by atoms with Gasteiger partial charge in [-0.25, -0.2) is 0 Å². The Labute approximate surface area is 129 Å². The van der Waals surface area contributed by atoms with E-state index in [4.69, 9.17) is 9.15 Å². The van der Waals surface area contributed by atoms with Gasteiger partial charge >= 0.3 is 0 Å². The Bertz CT molecular complexity index is 588. The van der Waals surface area contributed by atoms with Crippen LogP contribution in [0.1, 0.15) is 41.4 Å². The highest BCUT2D eigenvalue weighted by Crippen LogP contribution is 2.26. The van der Waals surface area contributed by atoms with E-state index in [9.17, 15) is 4.79 Å². The molecule has 0 aliphatic rings. The van der Waals surface area contributed by atoms with E-state index in [-0.39, 0.29) is 5.78 Å². The van der Waals surface area contributed by atoms with Gasteiger partial charge in [-0.1, -0.05) is 19.9 Å². The number of ether oxygens (including phenoxy) is 1. The van der Waals surface area contributed by atoms with E-state index in [1.54, 1.807) is 25.1 Å². The Kier molecular flexibility index (Phi) is 5.51. The normalized spacial score (nSPS) is 10.9. The molecule has 4 heteroatoms. The largest absolute Gasteiger partial charge is 0.496 e. The van der Waals surface area contributed by atoms with E-state index in [0.29, 0.717) is 28.7 Å². The minimum absolute atomic E-state index is 0.0888. The van der Waals surface area contributed by atoms with Crippen molar-refractivity contribution < 1.29 is 13.9 Å². The van der Waals surface area contributed by atoms with Gasteiger partial charge in [-0.15, -0.1) is 11.8 Å². The number of carbonyl (C=O) groups excluding carboxylic acids is 1. The van der Waals surface area contributed by atoms with Crippen molar-refractivity contribution >= 4 is 17.5 Å². The Hall–Kier alpha value is -1.68. The van der Waals surface area contributed by atoms with Gasteiger partial charge < -0.3 is 9.15 Å². The average Bonchev–Trinajstić information content (AvgIpc) is 2.99. The molecule has 0 amide bonds. The van der Waals surface area contributed by atoms with E-state index in [0.717, 1.165) is 11.3 Å². The quantitative estimate of drug-likeness (QED) is 0.705. The zero-order valence-corrected chi connectivity index (χ0v) is 13.4. The van der Waals surface area contributed by atoms with Crippen LogP contribution in [0.25, 0.3) is 0 Å². The van der Waals surface area contributed by atoms with Gasteiger partial charge in [-0.05, 0) is 35.7 Å². The number of thioether (sulfide) groups is 1. The molecule has 1 heterocycles. The number of hydrogen-bond acceptors (Lipinski definition) is 4. The minimum atomic E-state index is 0.0888. The zero-order chi connectivity index (χ0) is 15.2. The smallest absolute Gasteiger partial charge is 0.176 e. The maximum Gasteiger partial charge on any atom is 0.176 e. The fourth-order valence-corrected chi connectivity index (χ4v) is 2.83. The monoisotopic (exact) mass is 304 g/mol. The minimum Gasteiger partial charge on any atom is -0.496 e. The molecule has 0 saturated heterocycles. The molecule has 21 heavy (non-hydrogen) atoms. The number of hydrogen-bond donors (Lipinski definition) is 0. The molecule has 0 fully saturated rings. The van der Waals surface area contributed by atoms with Crippen molar-refractivity contribution in [1.29, 1.82) is 0 Å². The predicted octanol–water partition coefficient (Wildman–Crippen LogP) is 4.53. The molecule has 0 unspecified atom stereocenters. The number of methoxy groups -OCH3 is 1. The maximum absolute atomic E-state index is 12.4. The second-order valence-electron chi connectivity index (χ2n) is 5.11. The van der Waals surface area contributed by atoms with Crippen molar-refractivity contribution in [2.24, 2.45) is 0 Å². The zero-order valence-electron chi connectivity index (χ0n) is 12.6. The summed E-state index contributed by atoms with van der Waals surface area (Å²) in [6, 6.07) is 9.60. The molecule has 0 bridgehead atoms. The lowest BCUT2D eigenvalue weighted by Gasteiger charge is -2.12. The lowest BCUT2D eigenvalue weighted by Crippen LogP contribution is -2.06. The molecule has 0 saturated carbocycles. The van der Waals surface area contributed by atoms with Crippen molar-refractivity contribution in [3.8, 4) is 5.75 Å². The van der Waals surface area contributed by atoms with Crippen molar-refractivity contribution in [2.75, 3.05) is 12.9 Å². The molecule has 112 valence electrons. The van der Waals surface area contributed by atoms with Crippen molar-refractivity contribution in [3.63, 3.8) is 0 Å². The van der Waals surface area contributed by atoms with E-state index in [2.05, 4.69) is 13.8 Å². The van der Waals surface area contributed by atoms with E-state index in [1.807, 2.05) is 30.3 Å². The highest BCUT2D eigenvalue weighted by Gasteiger charge is 2.14. The van der Waals surface area contributed by atoms with Gasteiger partial charge in [0, 0.05) is 0 Å². The van der Waals surface area contributed by atoms with Gasteiger partial charge in [0.15, 0.2) is 5.78 Å². The molecule has 0 atom stereocenters.